The number of fused-ring (bicyclic) bond motifs is 1. The number of anilines is 1. The highest BCUT2D eigenvalue weighted by Gasteiger charge is 2.28. The van der Waals surface area contributed by atoms with E-state index in [2.05, 4.69) is 5.32 Å². The first kappa shape index (κ1) is 18.5. The van der Waals surface area contributed by atoms with Crippen molar-refractivity contribution in [1.82, 2.24) is 4.90 Å². The van der Waals surface area contributed by atoms with E-state index in [0.717, 1.165) is 11.1 Å². The average Bonchev–Trinajstić information content (AvgIpc) is 2.67. The van der Waals surface area contributed by atoms with Crippen LogP contribution in [-0.4, -0.2) is 30.9 Å². The summed E-state index contributed by atoms with van der Waals surface area (Å²) in [4.78, 5) is 26.4. The lowest BCUT2D eigenvalue weighted by molar-refractivity contribution is -0.129. The Hall–Kier alpha value is -3.28. The molecule has 1 aliphatic rings. The highest BCUT2D eigenvalue weighted by atomic mass is 16.5. The van der Waals surface area contributed by atoms with Crippen LogP contribution in [0.3, 0.4) is 0 Å². The maximum absolute atomic E-state index is 12.8. The Kier molecular flexibility index (Phi) is 5.45. The molecule has 6 heteroatoms. The van der Waals surface area contributed by atoms with Gasteiger partial charge in [-0.2, -0.15) is 0 Å². The molecule has 1 heterocycles. The molecule has 0 spiro atoms. The molecule has 0 unspecified atom stereocenters. The molecule has 0 aromatic heterocycles. The number of nitrogens with one attached hydrogen (secondary N) is 1. The number of amides is 2. The first-order valence-corrected chi connectivity index (χ1v) is 8.61. The largest absolute Gasteiger partial charge is 0.497 e. The monoisotopic (exact) mass is 366 g/mol. The van der Waals surface area contributed by atoms with Crippen LogP contribution in [0.15, 0.2) is 48.7 Å². The summed E-state index contributed by atoms with van der Waals surface area (Å²) in [6.45, 7) is 1.49. The Labute approximate surface area is 158 Å². The molecule has 27 heavy (non-hydrogen) atoms. The topological polar surface area (TPSA) is 67.9 Å². The molecule has 1 N–H and O–H groups in total. The van der Waals surface area contributed by atoms with Crippen LogP contribution in [-0.2, 0) is 9.59 Å². The predicted octanol–water partition coefficient (Wildman–Crippen LogP) is 3.61. The van der Waals surface area contributed by atoms with Crippen LogP contribution < -0.4 is 14.8 Å². The van der Waals surface area contributed by atoms with Gasteiger partial charge in [0.05, 0.1) is 32.4 Å². The van der Waals surface area contributed by atoms with Gasteiger partial charge in [-0.3, -0.25) is 9.59 Å². The molecule has 6 nitrogen and oxygen atoms in total. The first-order chi connectivity index (χ1) is 13.0. The van der Waals surface area contributed by atoms with Gasteiger partial charge in [-0.05, 0) is 29.3 Å². The lowest BCUT2D eigenvalue weighted by Crippen LogP contribution is -2.33. The normalized spacial score (nSPS) is 15.1. The van der Waals surface area contributed by atoms with E-state index >= 15 is 0 Å². The Bertz CT molecular complexity index is 892. The molecule has 1 atom stereocenters. The molecular formula is C21H22N2O4. The molecule has 0 fully saturated rings. The van der Waals surface area contributed by atoms with Gasteiger partial charge < -0.3 is 19.7 Å². The number of hydrogen-bond acceptors (Lipinski definition) is 4. The van der Waals surface area contributed by atoms with Crippen molar-refractivity contribution in [3.63, 3.8) is 0 Å². The summed E-state index contributed by atoms with van der Waals surface area (Å²) in [5.74, 6) is 0.819. The second kappa shape index (κ2) is 7.95. The van der Waals surface area contributed by atoms with E-state index in [9.17, 15) is 9.59 Å². The van der Waals surface area contributed by atoms with Crippen molar-refractivity contribution in [2.24, 2.45) is 0 Å². The van der Waals surface area contributed by atoms with Gasteiger partial charge in [0, 0.05) is 19.2 Å². The maximum atomic E-state index is 12.8. The van der Waals surface area contributed by atoms with Gasteiger partial charge in [-0.25, -0.2) is 0 Å². The van der Waals surface area contributed by atoms with E-state index in [1.54, 1.807) is 36.4 Å². The molecule has 140 valence electrons. The number of nitrogens with zero attached hydrogens (tertiary/aromatic N) is 1. The van der Waals surface area contributed by atoms with E-state index in [4.69, 9.17) is 9.47 Å². The van der Waals surface area contributed by atoms with Gasteiger partial charge in [0.2, 0.25) is 11.8 Å². The van der Waals surface area contributed by atoms with Gasteiger partial charge >= 0.3 is 0 Å². The fraction of sp³-hybridized carbons (Fsp3) is 0.238. The fourth-order valence-electron chi connectivity index (χ4n) is 3.20. The minimum absolute atomic E-state index is 0.113. The van der Waals surface area contributed by atoms with Crippen molar-refractivity contribution in [2.45, 2.75) is 19.4 Å². The van der Waals surface area contributed by atoms with Gasteiger partial charge in [-0.15, -0.1) is 0 Å². The summed E-state index contributed by atoms with van der Waals surface area (Å²) >= 11 is 0. The van der Waals surface area contributed by atoms with Crippen LogP contribution in [0.25, 0.3) is 6.08 Å². The molecule has 2 aromatic rings. The Morgan fingerprint density at radius 3 is 2.59 bits per heavy atom. The van der Waals surface area contributed by atoms with E-state index in [1.807, 2.05) is 30.3 Å². The third-order valence-electron chi connectivity index (χ3n) is 4.53. The number of hydrogen-bond donors (Lipinski definition) is 1. The summed E-state index contributed by atoms with van der Waals surface area (Å²) in [7, 11) is 3.10. The smallest absolute Gasteiger partial charge is 0.226 e. The molecule has 2 amide bonds. The zero-order valence-electron chi connectivity index (χ0n) is 15.6. The summed E-state index contributed by atoms with van der Waals surface area (Å²) in [5, 5.41) is 2.87. The van der Waals surface area contributed by atoms with Crippen LogP contribution in [0, 0.1) is 0 Å². The van der Waals surface area contributed by atoms with Crippen molar-refractivity contribution in [2.75, 3.05) is 19.5 Å². The Balaban J connectivity index is 1.84. The lowest BCUT2D eigenvalue weighted by Gasteiger charge is -2.32. The highest BCUT2D eigenvalue weighted by Crippen LogP contribution is 2.34. The Morgan fingerprint density at radius 2 is 1.89 bits per heavy atom. The summed E-state index contributed by atoms with van der Waals surface area (Å²) in [6.07, 6.45) is 3.74. The number of methoxy groups -OCH3 is 2. The average molecular weight is 366 g/mol. The van der Waals surface area contributed by atoms with Crippen molar-refractivity contribution in [3.8, 4) is 11.5 Å². The Morgan fingerprint density at radius 1 is 1.11 bits per heavy atom. The zero-order chi connectivity index (χ0) is 19.4. The molecule has 0 saturated heterocycles. The standard InChI is InChI=1S/C21H22N2O4/c1-14(24)23-11-10-15-6-4-5-7-17(15)19(23)13-21(25)22-18-12-16(26-2)8-9-20(18)27-3/h4-12,19H,13H2,1-3H3,(H,22,25)/t19-/m1/s1. The van der Waals surface area contributed by atoms with E-state index < -0.39 is 0 Å². The van der Waals surface area contributed by atoms with Crippen molar-refractivity contribution < 1.29 is 19.1 Å². The third kappa shape index (κ3) is 3.95. The second-order valence-electron chi connectivity index (χ2n) is 6.21. The van der Waals surface area contributed by atoms with Crippen LogP contribution in [0.5, 0.6) is 11.5 Å². The van der Waals surface area contributed by atoms with Crippen LogP contribution >= 0.6 is 0 Å². The molecule has 0 bridgehead atoms. The first-order valence-electron chi connectivity index (χ1n) is 8.61. The maximum Gasteiger partial charge on any atom is 0.226 e. The molecule has 3 rings (SSSR count). The summed E-state index contributed by atoms with van der Waals surface area (Å²) in [6, 6.07) is 12.6. The van der Waals surface area contributed by atoms with Gasteiger partial charge in [0.15, 0.2) is 0 Å². The second-order valence-corrected chi connectivity index (χ2v) is 6.21. The number of carbonyl (C=O) groups excluding carboxylic acids is 2. The van der Waals surface area contributed by atoms with Gasteiger partial charge in [-0.1, -0.05) is 24.3 Å². The highest BCUT2D eigenvalue weighted by molar-refractivity contribution is 5.93. The van der Waals surface area contributed by atoms with Crippen molar-refractivity contribution in [3.05, 3.63) is 59.8 Å². The van der Waals surface area contributed by atoms with Gasteiger partial charge in [0.25, 0.3) is 0 Å². The number of ether oxygens (including phenoxy) is 2. The predicted molar refractivity (Wildman–Crippen MR) is 104 cm³/mol. The third-order valence-corrected chi connectivity index (χ3v) is 4.53. The van der Waals surface area contributed by atoms with Crippen molar-refractivity contribution >= 4 is 23.6 Å². The van der Waals surface area contributed by atoms with Crippen LogP contribution in [0.1, 0.15) is 30.5 Å². The van der Waals surface area contributed by atoms with E-state index in [1.165, 1.54) is 14.0 Å². The molecule has 0 aliphatic carbocycles. The molecule has 0 saturated carbocycles. The SMILES string of the molecule is COc1ccc(OC)c(NC(=O)C[C@@H]2c3ccccc3C=CN2C(C)=O)c1. The minimum atomic E-state index is -0.361. The summed E-state index contributed by atoms with van der Waals surface area (Å²) in [5.41, 5.74) is 2.48. The number of carbonyl (C=O) groups is 2. The fourth-order valence-corrected chi connectivity index (χ4v) is 3.20. The van der Waals surface area contributed by atoms with Crippen LogP contribution in [0.4, 0.5) is 5.69 Å². The number of rotatable bonds is 5. The molecule has 1 aliphatic heterocycles. The van der Waals surface area contributed by atoms with Crippen LogP contribution in [0.2, 0.25) is 0 Å². The number of benzene rings is 2. The molecule has 0 radical (unpaired) electrons. The lowest BCUT2D eigenvalue weighted by atomic mass is 9.93. The summed E-state index contributed by atoms with van der Waals surface area (Å²) < 4.78 is 10.5. The van der Waals surface area contributed by atoms with E-state index in [0.29, 0.717) is 17.2 Å². The quantitative estimate of drug-likeness (QED) is 0.878. The minimum Gasteiger partial charge on any atom is -0.497 e. The van der Waals surface area contributed by atoms with Gasteiger partial charge in [0.1, 0.15) is 11.5 Å². The van der Waals surface area contributed by atoms with E-state index in [-0.39, 0.29) is 24.3 Å². The zero-order valence-corrected chi connectivity index (χ0v) is 15.6. The molecule has 2 aromatic carbocycles. The molecular weight excluding hydrogens is 344 g/mol. The van der Waals surface area contributed by atoms with Crippen molar-refractivity contribution in [1.29, 1.82) is 0 Å².